The Morgan fingerprint density at radius 1 is 0.788 bits per heavy atom. The van der Waals surface area contributed by atoms with Crippen molar-refractivity contribution in [2.45, 2.75) is 6.42 Å². The lowest BCUT2D eigenvalue weighted by atomic mass is 9.99. The number of anilines is 1. The largest absolute Gasteiger partial charge is 0.497 e. The van der Waals surface area contributed by atoms with Crippen molar-refractivity contribution >= 4 is 16.9 Å². The summed E-state index contributed by atoms with van der Waals surface area (Å²) in [6.07, 6.45) is 2.69. The lowest BCUT2D eigenvalue weighted by Gasteiger charge is -2.22. The fourth-order valence-corrected chi connectivity index (χ4v) is 4.39. The number of ether oxygens (including phenoxy) is 2. The van der Waals surface area contributed by atoms with Gasteiger partial charge in [-0.3, -0.25) is 0 Å². The van der Waals surface area contributed by atoms with Crippen LogP contribution in [0, 0.1) is 0 Å². The number of aromatic nitrogens is 2. The second-order valence-corrected chi connectivity index (χ2v) is 8.28. The molecular weight excluding hydrogens is 416 g/mol. The molecule has 0 spiro atoms. The number of fused-ring (bicyclic) bond motifs is 1. The number of methoxy groups -OCH3 is 2. The van der Waals surface area contributed by atoms with Crippen LogP contribution in [0.15, 0.2) is 59.3 Å². The first-order valence-electron chi connectivity index (χ1n) is 11.2. The molecule has 5 rings (SSSR count). The van der Waals surface area contributed by atoms with Crippen molar-refractivity contribution in [3.63, 3.8) is 0 Å². The van der Waals surface area contributed by atoms with Gasteiger partial charge in [0.25, 0.3) is 0 Å². The third-order valence-electron chi connectivity index (χ3n) is 6.22. The lowest BCUT2D eigenvalue weighted by Crippen LogP contribution is -2.29. The predicted molar refractivity (Wildman–Crippen MR) is 130 cm³/mol. The average molecular weight is 445 g/mol. The topological polar surface area (TPSA) is 63.9 Å². The zero-order valence-electron chi connectivity index (χ0n) is 19.2. The van der Waals surface area contributed by atoms with Crippen molar-refractivity contribution in [3.05, 3.63) is 54.9 Å². The highest BCUT2D eigenvalue weighted by Gasteiger charge is 2.25. The van der Waals surface area contributed by atoms with Gasteiger partial charge in [-0.15, -0.1) is 0 Å². The first-order chi connectivity index (χ1) is 16.2. The van der Waals surface area contributed by atoms with Crippen LogP contribution in [0.5, 0.6) is 11.5 Å². The first kappa shape index (κ1) is 21.3. The van der Waals surface area contributed by atoms with Gasteiger partial charge in [0.05, 0.1) is 19.6 Å². The van der Waals surface area contributed by atoms with E-state index < -0.39 is 0 Å². The molecular formula is C26H28N4O3. The summed E-state index contributed by atoms with van der Waals surface area (Å²) in [6.45, 7) is 3.93. The molecule has 7 nitrogen and oxygen atoms in total. The maximum absolute atomic E-state index is 6.39. The summed E-state index contributed by atoms with van der Waals surface area (Å²) in [5.74, 6) is 3.30. The van der Waals surface area contributed by atoms with Gasteiger partial charge in [-0.25, -0.2) is 9.97 Å². The Labute approximate surface area is 193 Å². The summed E-state index contributed by atoms with van der Waals surface area (Å²) in [6, 6.07) is 16.0. The van der Waals surface area contributed by atoms with Crippen LogP contribution in [-0.2, 0) is 0 Å². The van der Waals surface area contributed by atoms with Gasteiger partial charge in [0.1, 0.15) is 29.4 Å². The zero-order valence-corrected chi connectivity index (χ0v) is 19.2. The van der Waals surface area contributed by atoms with E-state index in [0.29, 0.717) is 5.71 Å². The molecule has 0 N–H and O–H groups in total. The third-order valence-corrected chi connectivity index (χ3v) is 6.22. The molecule has 33 heavy (non-hydrogen) atoms. The van der Waals surface area contributed by atoms with E-state index in [2.05, 4.69) is 34.0 Å². The van der Waals surface area contributed by atoms with Crippen molar-refractivity contribution in [1.29, 1.82) is 0 Å². The third kappa shape index (κ3) is 4.12. The molecule has 170 valence electrons. The van der Waals surface area contributed by atoms with E-state index in [9.17, 15) is 0 Å². The molecule has 1 fully saturated rings. The Morgan fingerprint density at radius 2 is 1.45 bits per heavy atom. The molecule has 0 atom stereocenters. The smallest absolute Gasteiger partial charge is 0.232 e. The molecule has 1 aliphatic rings. The molecule has 0 aliphatic carbocycles. The molecule has 3 heterocycles. The van der Waals surface area contributed by atoms with Crippen molar-refractivity contribution in [1.82, 2.24) is 14.9 Å². The highest BCUT2D eigenvalue weighted by atomic mass is 16.5. The number of hydrogen-bond donors (Lipinski definition) is 0. The normalized spacial score (nSPS) is 14.9. The van der Waals surface area contributed by atoms with Gasteiger partial charge in [0.2, 0.25) is 5.71 Å². The van der Waals surface area contributed by atoms with E-state index in [1.165, 1.54) is 0 Å². The Kier molecular flexibility index (Phi) is 5.88. The average Bonchev–Trinajstić information content (AvgIpc) is 3.12. The SMILES string of the molecule is COc1ccc(-c2oc3ncnc(N4CCCN(C)CC4)c3c2-c2ccc(OC)cc2)cc1. The van der Waals surface area contributed by atoms with Crippen LogP contribution in [0.25, 0.3) is 33.6 Å². The molecule has 4 aromatic rings. The van der Waals surface area contributed by atoms with Crippen molar-refractivity contribution < 1.29 is 13.9 Å². The van der Waals surface area contributed by atoms with Crippen LogP contribution in [0.2, 0.25) is 0 Å². The number of hydrogen-bond acceptors (Lipinski definition) is 7. The molecule has 0 amide bonds. The lowest BCUT2D eigenvalue weighted by molar-refractivity contribution is 0.360. The minimum absolute atomic E-state index is 0.592. The summed E-state index contributed by atoms with van der Waals surface area (Å²) in [7, 11) is 5.51. The molecule has 1 aliphatic heterocycles. The number of likely N-dealkylation sites (N-methyl/N-ethyl adjacent to an activating group) is 1. The number of benzene rings is 2. The molecule has 1 saturated heterocycles. The van der Waals surface area contributed by atoms with Gasteiger partial charge in [-0.05, 0) is 62.0 Å². The van der Waals surface area contributed by atoms with Crippen molar-refractivity contribution in [3.8, 4) is 33.9 Å². The standard InChI is InChI=1S/C26H28N4O3/c1-29-13-4-14-30(16-15-29)25-23-22(18-5-9-20(31-2)10-6-18)24(33-26(23)28-17-27-25)19-7-11-21(32-3)12-8-19/h5-12,17H,4,13-16H2,1-3H3. The zero-order chi connectivity index (χ0) is 22.8. The van der Waals surface area contributed by atoms with E-state index in [-0.39, 0.29) is 0 Å². The predicted octanol–water partition coefficient (Wildman–Crippen LogP) is 4.72. The van der Waals surface area contributed by atoms with E-state index in [4.69, 9.17) is 18.9 Å². The molecule has 2 aromatic heterocycles. The van der Waals surface area contributed by atoms with Gasteiger partial charge in [0.15, 0.2) is 0 Å². The van der Waals surface area contributed by atoms with Crippen LogP contribution in [-0.4, -0.2) is 62.3 Å². The van der Waals surface area contributed by atoms with E-state index in [0.717, 1.165) is 77.8 Å². The van der Waals surface area contributed by atoms with Crippen LogP contribution in [0.1, 0.15) is 6.42 Å². The molecule has 2 aromatic carbocycles. The summed E-state index contributed by atoms with van der Waals surface area (Å²) in [4.78, 5) is 14.0. The Morgan fingerprint density at radius 3 is 2.12 bits per heavy atom. The molecule has 0 radical (unpaired) electrons. The highest BCUT2D eigenvalue weighted by molar-refractivity contribution is 6.06. The minimum atomic E-state index is 0.592. The Balaban J connectivity index is 1.72. The van der Waals surface area contributed by atoms with Crippen LogP contribution >= 0.6 is 0 Å². The second-order valence-electron chi connectivity index (χ2n) is 8.28. The summed E-state index contributed by atoms with van der Waals surface area (Å²) < 4.78 is 17.1. The number of rotatable bonds is 5. The van der Waals surface area contributed by atoms with E-state index in [1.807, 2.05) is 36.4 Å². The summed E-state index contributed by atoms with van der Waals surface area (Å²) in [5, 5.41) is 0.943. The van der Waals surface area contributed by atoms with Crippen molar-refractivity contribution in [2.75, 3.05) is 52.3 Å². The summed E-state index contributed by atoms with van der Waals surface area (Å²) in [5.41, 5.74) is 3.57. The van der Waals surface area contributed by atoms with Gasteiger partial charge in [0, 0.05) is 30.8 Å². The second kappa shape index (κ2) is 9.11. The van der Waals surface area contributed by atoms with E-state index in [1.54, 1.807) is 20.5 Å². The number of furan rings is 1. The monoisotopic (exact) mass is 444 g/mol. The highest BCUT2D eigenvalue weighted by Crippen LogP contribution is 2.44. The fraction of sp³-hybridized carbons (Fsp3) is 0.308. The molecule has 7 heteroatoms. The van der Waals surface area contributed by atoms with Crippen molar-refractivity contribution in [2.24, 2.45) is 0 Å². The minimum Gasteiger partial charge on any atom is -0.497 e. The fourth-order valence-electron chi connectivity index (χ4n) is 4.39. The molecule has 0 unspecified atom stereocenters. The Hall–Kier alpha value is -3.58. The van der Waals surface area contributed by atoms with Crippen LogP contribution in [0.3, 0.4) is 0 Å². The number of nitrogens with zero attached hydrogens (tertiary/aromatic N) is 4. The summed E-state index contributed by atoms with van der Waals surface area (Å²) >= 11 is 0. The van der Waals surface area contributed by atoms with Crippen LogP contribution in [0.4, 0.5) is 5.82 Å². The maximum Gasteiger partial charge on any atom is 0.232 e. The first-order valence-corrected chi connectivity index (χ1v) is 11.2. The van der Waals surface area contributed by atoms with Crippen LogP contribution < -0.4 is 14.4 Å². The van der Waals surface area contributed by atoms with Gasteiger partial charge in [-0.1, -0.05) is 12.1 Å². The molecule has 0 saturated carbocycles. The quantitative estimate of drug-likeness (QED) is 0.441. The Bertz CT molecular complexity index is 1240. The molecule has 0 bridgehead atoms. The van der Waals surface area contributed by atoms with Gasteiger partial charge >= 0.3 is 0 Å². The van der Waals surface area contributed by atoms with E-state index >= 15 is 0 Å². The van der Waals surface area contributed by atoms with Gasteiger partial charge < -0.3 is 23.7 Å². The van der Waals surface area contributed by atoms with Gasteiger partial charge in [-0.2, -0.15) is 0 Å². The maximum atomic E-state index is 6.39.